The van der Waals surface area contributed by atoms with E-state index in [4.69, 9.17) is 11.6 Å². The summed E-state index contributed by atoms with van der Waals surface area (Å²) >= 11 is 6.24. The third kappa shape index (κ3) is 3.43. The number of sulfonamides is 1. The zero-order valence-corrected chi connectivity index (χ0v) is 14.6. The van der Waals surface area contributed by atoms with E-state index in [1.165, 1.54) is 4.90 Å². The van der Waals surface area contributed by atoms with Crippen LogP contribution in [-0.2, 0) is 10.0 Å². The number of nitrogens with zero attached hydrogens (tertiary/aromatic N) is 1. The maximum atomic E-state index is 12.7. The van der Waals surface area contributed by atoms with Gasteiger partial charge in [-0.05, 0) is 25.1 Å². The van der Waals surface area contributed by atoms with E-state index in [1.54, 1.807) is 16.4 Å². The molecule has 1 aliphatic heterocycles. The van der Waals surface area contributed by atoms with E-state index in [1.807, 2.05) is 43.3 Å². The van der Waals surface area contributed by atoms with Crippen molar-refractivity contribution in [2.45, 2.75) is 11.8 Å². The molecule has 0 radical (unpaired) electrons. The molecular formula is C17H20ClN2O2S+. The molecule has 1 aliphatic rings. The van der Waals surface area contributed by atoms with E-state index in [2.05, 4.69) is 0 Å². The Morgan fingerprint density at radius 1 is 1.00 bits per heavy atom. The topological polar surface area (TPSA) is 41.8 Å². The summed E-state index contributed by atoms with van der Waals surface area (Å²) in [5, 5.41) is 0.734. The SMILES string of the molecule is Cc1ccc(S(=O)(=O)N2CC[NH+](c3ccccc3Cl)CC2)cc1. The van der Waals surface area contributed by atoms with Gasteiger partial charge >= 0.3 is 0 Å². The summed E-state index contributed by atoms with van der Waals surface area (Å²) in [6.45, 7) is 4.37. The standard InChI is InChI=1S/C17H19ClN2O2S/c1-14-6-8-15(9-7-14)23(21,22)20-12-10-19(11-13-20)17-5-3-2-4-16(17)18/h2-9H,10-13H2,1H3/p+1. The first-order valence-electron chi connectivity index (χ1n) is 7.65. The number of rotatable bonds is 3. The summed E-state index contributed by atoms with van der Waals surface area (Å²) in [4.78, 5) is 1.59. The Bertz CT molecular complexity index is 782. The normalized spacial score (nSPS) is 17.3. The molecule has 122 valence electrons. The minimum Gasteiger partial charge on any atom is -0.299 e. The Hall–Kier alpha value is -1.40. The average Bonchev–Trinajstić information content (AvgIpc) is 2.56. The molecule has 3 rings (SSSR count). The molecule has 1 heterocycles. The molecule has 1 N–H and O–H groups in total. The van der Waals surface area contributed by atoms with Crippen LogP contribution in [0.4, 0.5) is 5.69 Å². The lowest BCUT2D eigenvalue weighted by Gasteiger charge is -2.31. The number of hydrogen-bond acceptors (Lipinski definition) is 2. The zero-order valence-electron chi connectivity index (χ0n) is 13.0. The molecule has 0 atom stereocenters. The Labute approximate surface area is 142 Å². The Morgan fingerprint density at radius 2 is 1.61 bits per heavy atom. The summed E-state index contributed by atoms with van der Waals surface area (Å²) in [6, 6.07) is 14.8. The summed E-state index contributed by atoms with van der Waals surface area (Å²) in [5.41, 5.74) is 2.10. The van der Waals surface area contributed by atoms with Gasteiger partial charge in [-0.25, -0.2) is 8.42 Å². The molecule has 0 aromatic heterocycles. The van der Waals surface area contributed by atoms with Crippen LogP contribution in [0.15, 0.2) is 53.4 Å². The quantitative estimate of drug-likeness (QED) is 0.917. The minimum atomic E-state index is -3.41. The Balaban J connectivity index is 1.74. The lowest BCUT2D eigenvalue weighted by atomic mass is 10.2. The maximum Gasteiger partial charge on any atom is 0.243 e. The molecule has 0 unspecified atom stereocenters. The van der Waals surface area contributed by atoms with Gasteiger partial charge in [-0.1, -0.05) is 41.4 Å². The van der Waals surface area contributed by atoms with E-state index in [0.717, 1.165) is 29.4 Å². The minimum absolute atomic E-state index is 0.365. The van der Waals surface area contributed by atoms with Crippen LogP contribution in [0.2, 0.25) is 5.02 Å². The molecule has 0 bridgehead atoms. The lowest BCUT2D eigenvalue weighted by Crippen LogP contribution is -3.10. The largest absolute Gasteiger partial charge is 0.299 e. The molecule has 0 aliphatic carbocycles. The molecule has 1 fully saturated rings. The molecule has 2 aromatic rings. The molecule has 0 amide bonds. The monoisotopic (exact) mass is 351 g/mol. The summed E-state index contributed by atoms with van der Waals surface area (Å²) in [7, 11) is -3.41. The molecule has 0 saturated carbocycles. The number of hydrogen-bond donors (Lipinski definition) is 1. The van der Waals surface area contributed by atoms with Gasteiger partial charge in [0, 0.05) is 6.07 Å². The van der Waals surface area contributed by atoms with Gasteiger partial charge in [-0.15, -0.1) is 0 Å². The van der Waals surface area contributed by atoms with Crippen molar-refractivity contribution in [3.8, 4) is 0 Å². The van der Waals surface area contributed by atoms with E-state index < -0.39 is 10.0 Å². The number of para-hydroxylation sites is 1. The van der Waals surface area contributed by atoms with Crippen LogP contribution in [0, 0.1) is 6.92 Å². The highest BCUT2D eigenvalue weighted by molar-refractivity contribution is 7.89. The predicted molar refractivity (Wildman–Crippen MR) is 91.7 cm³/mol. The number of nitrogens with one attached hydrogen (secondary N) is 1. The van der Waals surface area contributed by atoms with Gasteiger partial charge in [0.25, 0.3) is 0 Å². The maximum absolute atomic E-state index is 12.7. The Morgan fingerprint density at radius 3 is 2.22 bits per heavy atom. The Kier molecular flexibility index (Phi) is 4.73. The zero-order chi connectivity index (χ0) is 16.4. The third-order valence-corrected chi connectivity index (χ3v) is 6.48. The van der Waals surface area contributed by atoms with Crippen molar-refractivity contribution in [1.82, 2.24) is 4.31 Å². The van der Waals surface area contributed by atoms with Crippen molar-refractivity contribution in [2.75, 3.05) is 26.2 Å². The van der Waals surface area contributed by atoms with Crippen molar-refractivity contribution >= 4 is 27.3 Å². The van der Waals surface area contributed by atoms with Crippen molar-refractivity contribution in [1.29, 1.82) is 0 Å². The van der Waals surface area contributed by atoms with E-state index in [-0.39, 0.29) is 0 Å². The number of benzene rings is 2. The highest BCUT2D eigenvalue weighted by Gasteiger charge is 2.31. The first-order chi connectivity index (χ1) is 11.0. The van der Waals surface area contributed by atoms with Gasteiger partial charge in [0.1, 0.15) is 10.7 Å². The van der Waals surface area contributed by atoms with Crippen LogP contribution >= 0.6 is 11.6 Å². The molecular weight excluding hydrogens is 332 g/mol. The smallest absolute Gasteiger partial charge is 0.243 e. The number of quaternary nitrogens is 1. The highest BCUT2D eigenvalue weighted by atomic mass is 35.5. The second-order valence-corrected chi connectivity index (χ2v) is 8.15. The van der Waals surface area contributed by atoms with Crippen LogP contribution in [-0.4, -0.2) is 38.9 Å². The second-order valence-electron chi connectivity index (χ2n) is 5.80. The molecule has 23 heavy (non-hydrogen) atoms. The van der Waals surface area contributed by atoms with E-state index in [9.17, 15) is 8.42 Å². The van der Waals surface area contributed by atoms with Crippen molar-refractivity contribution in [2.24, 2.45) is 0 Å². The fourth-order valence-electron chi connectivity index (χ4n) is 2.87. The second kappa shape index (κ2) is 6.61. The summed E-state index contributed by atoms with van der Waals surface area (Å²) in [6.07, 6.45) is 0. The van der Waals surface area contributed by atoms with Crippen LogP contribution in [0.1, 0.15) is 5.56 Å². The predicted octanol–water partition coefficient (Wildman–Crippen LogP) is 1.87. The van der Waals surface area contributed by atoms with E-state index in [0.29, 0.717) is 18.0 Å². The van der Waals surface area contributed by atoms with Crippen LogP contribution < -0.4 is 4.90 Å². The highest BCUT2D eigenvalue weighted by Crippen LogP contribution is 2.19. The molecule has 0 spiro atoms. The summed E-state index contributed by atoms with van der Waals surface area (Å²) in [5.74, 6) is 0. The summed E-state index contributed by atoms with van der Waals surface area (Å²) < 4.78 is 27.0. The van der Waals surface area contributed by atoms with Crippen molar-refractivity contribution in [3.63, 3.8) is 0 Å². The van der Waals surface area contributed by atoms with Crippen molar-refractivity contribution < 1.29 is 13.3 Å². The number of piperazine rings is 1. The van der Waals surface area contributed by atoms with Gasteiger partial charge < -0.3 is 0 Å². The first-order valence-corrected chi connectivity index (χ1v) is 9.47. The van der Waals surface area contributed by atoms with Crippen LogP contribution in [0.5, 0.6) is 0 Å². The van der Waals surface area contributed by atoms with Crippen molar-refractivity contribution in [3.05, 3.63) is 59.1 Å². The number of halogens is 1. The van der Waals surface area contributed by atoms with Gasteiger partial charge in [0.15, 0.2) is 0 Å². The van der Waals surface area contributed by atoms with Crippen LogP contribution in [0.3, 0.4) is 0 Å². The third-order valence-electron chi connectivity index (χ3n) is 4.24. The average molecular weight is 352 g/mol. The molecule has 6 heteroatoms. The fourth-order valence-corrected chi connectivity index (χ4v) is 4.58. The van der Waals surface area contributed by atoms with E-state index >= 15 is 0 Å². The van der Waals surface area contributed by atoms with Gasteiger partial charge in [0.05, 0.1) is 31.1 Å². The van der Waals surface area contributed by atoms with Crippen LogP contribution in [0.25, 0.3) is 0 Å². The number of aryl methyl sites for hydroxylation is 1. The van der Waals surface area contributed by atoms with Gasteiger partial charge in [-0.3, -0.25) is 4.90 Å². The fraction of sp³-hybridized carbons (Fsp3) is 0.294. The lowest BCUT2D eigenvalue weighted by molar-refractivity contribution is -0.837. The molecule has 4 nitrogen and oxygen atoms in total. The molecule has 1 saturated heterocycles. The van der Waals surface area contributed by atoms with Gasteiger partial charge in [-0.2, -0.15) is 4.31 Å². The molecule has 2 aromatic carbocycles. The van der Waals surface area contributed by atoms with Gasteiger partial charge in [0.2, 0.25) is 10.0 Å². The first kappa shape index (κ1) is 16.5.